The molecule has 0 unspecified atom stereocenters. The topological polar surface area (TPSA) is 69.1 Å². The molecule has 5 heteroatoms. The number of fused-ring (bicyclic) bond motifs is 1. The van der Waals surface area contributed by atoms with E-state index in [-0.39, 0.29) is 0 Å². The van der Waals surface area contributed by atoms with Gasteiger partial charge in [-0.05, 0) is 19.8 Å². The normalized spacial score (nSPS) is 11.1. The van der Waals surface area contributed by atoms with Gasteiger partial charge in [-0.15, -0.1) is 0 Å². The van der Waals surface area contributed by atoms with Gasteiger partial charge in [-0.25, -0.2) is 4.98 Å². The molecule has 15 heavy (non-hydrogen) atoms. The fourth-order valence-electron chi connectivity index (χ4n) is 1.67. The van der Waals surface area contributed by atoms with Crippen LogP contribution in [0.2, 0.25) is 0 Å². The van der Waals surface area contributed by atoms with E-state index >= 15 is 0 Å². The molecule has 2 aromatic heterocycles. The summed E-state index contributed by atoms with van der Waals surface area (Å²) in [5.74, 6) is 1.24. The van der Waals surface area contributed by atoms with Gasteiger partial charge in [0.25, 0.3) is 5.78 Å². The number of rotatable bonds is 3. The molecule has 0 radical (unpaired) electrons. The number of aryl methyl sites for hydroxylation is 1. The Morgan fingerprint density at radius 2 is 2.27 bits per heavy atom. The van der Waals surface area contributed by atoms with Gasteiger partial charge in [0.1, 0.15) is 12.1 Å². The third-order valence-corrected chi connectivity index (χ3v) is 2.55. The summed E-state index contributed by atoms with van der Waals surface area (Å²) in [7, 11) is 0. The van der Waals surface area contributed by atoms with Crippen molar-refractivity contribution in [1.82, 2.24) is 19.6 Å². The van der Waals surface area contributed by atoms with Crippen LogP contribution in [0.5, 0.6) is 0 Å². The Balaban J connectivity index is 2.52. The second-order valence-corrected chi connectivity index (χ2v) is 3.64. The number of unbranched alkanes of at least 4 members (excludes halogenated alkanes) is 1. The quantitative estimate of drug-likeness (QED) is 0.821. The highest BCUT2D eigenvalue weighted by molar-refractivity contribution is 5.49. The van der Waals surface area contributed by atoms with Gasteiger partial charge < -0.3 is 5.73 Å². The van der Waals surface area contributed by atoms with Crippen molar-refractivity contribution in [2.75, 3.05) is 5.73 Å². The second-order valence-electron chi connectivity index (χ2n) is 3.64. The maximum atomic E-state index is 6.03. The Bertz CT molecular complexity index is 474. The summed E-state index contributed by atoms with van der Waals surface area (Å²) in [5.41, 5.74) is 8.08. The van der Waals surface area contributed by atoms with Crippen LogP contribution in [0.15, 0.2) is 6.33 Å². The zero-order chi connectivity index (χ0) is 10.8. The van der Waals surface area contributed by atoms with Crippen molar-refractivity contribution in [3.63, 3.8) is 0 Å². The molecule has 0 aliphatic carbocycles. The lowest BCUT2D eigenvalue weighted by Crippen LogP contribution is -2.08. The van der Waals surface area contributed by atoms with Gasteiger partial charge in [-0.1, -0.05) is 13.3 Å². The number of nitrogens with zero attached hydrogens (tertiary/aromatic N) is 4. The highest BCUT2D eigenvalue weighted by atomic mass is 15.3. The average molecular weight is 205 g/mol. The Hall–Kier alpha value is -1.65. The predicted octanol–water partition coefficient (Wildman–Crippen LogP) is 1.36. The minimum Gasteiger partial charge on any atom is -0.383 e. The smallest absolute Gasteiger partial charge is 0.254 e. The van der Waals surface area contributed by atoms with Crippen molar-refractivity contribution < 1.29 is 0 Å². The van der Waals surface area contributed by atoms with Crippen LogP contribution in [0, 0.1) is 6.92 Å². The maximum Gasteiger partial charge on any atom is 0.254 e. The second kappa shape index (κ2) is 3.84. The molecule has 80 valence electrons. The summed E-state index contributed by atoms with van der Waals surface area (Å²) < 4.78 is 1.60. The van der Waals surface area contributed by atoms with E-state index in [9.17, 15) is 0 Å². The number of hydrogen-bond acceptors (Lipinski definition) is 4. The van der Waals surface area contributed by atoms with E-state index in [0.717, 1.165) is 30.5 Å². The first kappa shape index (κ1) is 9.89. The Morgan fingerprint density at radius 3 is 3.00 bits per heavy atom. The van der Waals surface area contributed by atoms with Crippen LogP contribution >= 0.6 is 0 Å². The van der Waals surface area contributed by atoms with Gasteiger partial charge in [-0.2, -0.15) is 14.6 Å². The standard InChI is InChI=1S/C10H15N5/c1-3-4-5-8-7(2)14-10-12-6-13-15(10)9(8)11/h6H,3-5,11H2,1-2H3. The molecule has 2 N–H and O–H groups in total. The lowest BCUT2D eigenvalue weighted by molar-refractivity contribution is 0.777. The Morgan fingerprint density at radius 1 is 1.47 bits per heavy atom. The molecule has 0 fully saturated rings. The van der Waals surface area contributed by atoms with E-state index in [1.165, 1.54) is 6.33 Å². The van der Waals surface area contributed by atoms with Gasteiger partial charge in [0.15, 0.2) is 0 Å². The van der Waals surface area contributed by atoms with Crippen molar-refractivity contribution >= 4 is 11.6 Å². The molecule has 0 saturated heterocycles. The summed E-state index contributed by atoms with van der Waals surface area (Å²) >= 11 is 0. The highest BCUT2D eigenvalue weighted by Crippen LogP contribution is 2.17. The van der Waals surface area contributed by atoms with Crippen LogP contribution in [0.1, 0.15) is 31.0 Å². The van der Waals surface area contributed by atoms with Gasteiger partial charge in [0.05, 0.1) is 0 Å². The van der Waals surface area contributed by atoms with Crippen LogP contribution in [0.25, 0.3) is 5.78 Å². The number of anilines is 1. The molecule has 0 aromatic carbocycles. The van der Waals surface area contributed by atoms with Crippen molar-refractivity contribution in [2.24, 2.45) is 0 Å². The minimum absolute atomic E-state index is 0.574. The first-order chi connectivity index (χ1) is 7.24. The third-order valence-electron chi connectivity index (χ3n) is 2.55. The number of nitrogens with two attached hydrogens (primary N) is 1. The van der Waals surface area contributed by atoms with Crippen molar-refractivity contribution in [1.29, 1.82) is 0 Å². The highest BCUT2D eigenvalue weighted by Gasteiger charge is 2.10. The minimum atomic E-state index is 0.574. The van der Waals surface area contributed by atoms with Gasteiger partial charge >= 0.3 is 0 Å². The van der Waals surface area contributed by atoms with Crippen molar-refractivity contribution in [3.8, 4) is 0 Å². The molecule has 0 amide bonds. The fourth-order valence-corrected chi connectivity index (χ4v) is 1.67. The summed E-state index contributed by atoms with van der Waals surface area (Å²) in [4.78, 5) is 8.38. The first-order valence-corrected chi connectivity index (χ1v) is 5.18. The zero-order valence-corrected chi connectivity index (χ0v) is 9.06. The molecule has 0 saturated carbocycles. The fraction of sp³-hybridized carbons (Fsp3) is 0.500. The lowest BCUT2D eigenvalue weighted by Gasteiger charge is -2.08. The zero-order valence-electron chi connectivity index (χ0n) is 9.06. The molecule has 0 aliphatic rings. The molecule has 5 nitrogen and oxygen atoms in total. The van der Waals surface area contributed by atoms with E-state index in [0.29, 0.717) is 11.6 Å². The van der Waals surface area contributed by atoms with Crippen LogP contribution in [-0.2, 0) is 6.42 Å². The van der Waals surface area contributed by atoms with Gasteiger partial charge in [0, 0.05) is 11.3 Å². The molecule has 0 atom stereocenters. The monoisotopic (exact) mass is 205 g/mol. The third kappa shape index (κ3) is 1.65. The van der Waals surface area contributed by atoms with Crippen LogP contribution in [0.4, 0.5) is 5.82 Å². The van der Waals surface area contributed by atoms with E-state index in [1.807, 2.05) is 6.92 Å². The Kier molecular flexibility index (Phi) is 2.53. The molecule has 0 bridgehead atoms. The average Bonchev–Trinajstić information content (AvgIpc) is 2.65. The van der Waals surface area contributed by atoms with Crippen LogP contribution < -0.4 is 5.73 Å². The molecule has 2 heterocycles. The van der Waals surface area contributed by atoms with Crippen LogP contribution in [-0.4, -0.2) is 19.6 Å². The molecular formula is C10H15N5. The summed E-state index contributed by atoms with van der Waals surface area (Å²) in [6.45, 7) is 4.13. The SMILES string of the molecule is CCCCc1c(C)nc2ncnn2c1N. The Labute approximate surface area is 88.3 Å². The van der Waals surface area contributed by atoms with Crippen molar-refractivity contribution in [2.45, 2.75) is 33.1 Å². The lowest BCUT2D eigenvalue weighted by atomic mass is 10.1. The van der Waals surface area contributed by atoms with Gasteiger partial charge in [0.2, 0.25) is 0 Å². The number of hydrogen-bond donors (Lipinski definition) is 1. The van der Waals surface area contributed by atoms with E-state index in [2.05, 4.69) is 22.0 Å². The molecule has 2 aromatic rings. The van der Waals surface area contributed by atoms with E-state index in [1.54, 1.807) is 4.52 Å². The van der Waals surface area contributed by atoms with E-state index in [4.69, 9.17) is 5.73 Å². The largest absolute Gasteiger partial charge is 0.383 e. The first-order valence-electron chi connectivity index (χ1n) is 5.18. The van der Waals surface area contributed by atoms with E-state index < -0.39 is 0 Å². The van der Waals surface area contributed by atoms with Crippen LogP contribution in [0.3, 0.4) is 0 Å². The molecular weight excluding hydrogens is 190 g/mol. The number of nitrogen functional groups attached to an aromatic ring is 1. The summed E-state index contributed by atoms with van der Waals surface area (Å²) in [6, 6.07) is 0. The van der Waals surface area contributed by atoms with Crippen molar-refractivity contribution in [3.05, 3.63) is 17.6 Å². The molecule has 2 rings (SSSR count). The molecule has 0 spiro atoms. The number of aromatic nitrogens is 4. The summed E-state index contributed by atoms with van der Waals surface area (Å²) in [6.07, 6.45) is 4.69. The maximum absolute atomic E-state index is 6.03. The summed E-state index contributed by atoms with van der Waals surface area (Å²) in [5, 5.41) is 4.05. The predicted molar refractivity (Wildman–Crippen MR) is 58.5 cm³/mol. The molecule has 0 aliphatic heterocycles. The van der Waals surface area contributed by atoms with Gasteiger partial charge in [-0.3, -0.25) is 0 Å².